The second-order valence-corrected chi connectivity index (χ2v) is 10.6. The van der Waals surface area contributed by atoms with Crippen molar-refractivity contribution in [2.75, 3.05) is 52.5 Å². The summed E-state index contributed by atoms with van der Waals surface area (Å²) in [5, 5.41) is 30.0. The Morgan fingerprint density at radius 1 is 1.16 bits per heavy atom. The third-order valence-corrected chi connectivity index (χ3v) is 7.27. The molecule has 214 valence electrons. The molecule has 38 heavy (non-hydrogen) atoms. The van der Waals surface area contributed by atoms with Gasteiger partial charge >= 0.3 is 0 Å². The summed E-state index contributed by atoms with van der Waals surface area (Å²) < 4.78 is 20.2. The first-order chi connectivity index (χ1) is 18.4. The highest BCUT2D eigenvalue weighted by Crippen LogP contribution is 2.24. The molecule has 2 aliphatic rings. The summed E-state index contributed by atoms with van der Waals surface area (Å²) in [6, 6.07) is 3.78. The van der Waals surface area contributed by atoms with Crippen molar-refractivity contribution in [3.05, 3.63) is 29.6 Å². The second-order valence-electron chi connectivity index (χ2n) is 9.95. The van der Waals surface area contributed by atoms with Crippen molar-refractivity contribution in [2.24, 2.45) is 5.92 Å². The minimum absolute atomic E-state index is 0.0134. The number of carbonyl (C=O) groups is 2. The van der Waals surface area contributed by atoms with Gasteiger partial charge in [-0.05, 0) is 43.2 Å². The normalized spacial score (nSPS) is 20.9. The SMILES string of the molecule is O=C(Cc1ccc(OCCCC2CCN(C3NCC(Cl)CN3)CC2)cc1F)NCCC(=O)NC(CO)CO. The molecule has 2 fully saturated rings. The lowest BCUT2D eigenvalue weighted by molar-refractivity contribution is -0.123. The Labute approximate surface area is 228 Å². The number of nitrogens with zero attached hydrogens (tertiary/aromatic N) is 1. The number of carbonyl (C=O) groups excluding carboxylic acids is 2. The predicted octanol–water partition coefficient (Wildman–Crippen LogP) is 0.299. The molecule has 6 N–H and O–H groups in total. The van der Waals surface area contributed by atoms with Crippen LogP contribution in [-0.4, -0.2) is 97.2 Å². The Morgan fingerprint density at radius 3 is 2.53 bits per heavy atom. The third-order valence-electron chi connectivity index (χ3n) is 6.96. The van der Waals surface area contributed by atoms with Gasteiger partial charge in [0.15, 0.2) is 0 Å². The summed E-state index contributed by atoms with van der Waals surface area (Å²) in [5.41, 5.74) is 0.246. The Kier molecular flexibility index (Phi) is 13.0. The number of nitrogens with one attached hydrogen (secondary N) is 4. The smallest absolute Gasteiger partial charge is 0.224 e. The van der Waals surface area contributed by atoms with Crippen LogP contribution in [0.5, 0.6) is 5.75 Å². The number of amides is 2. The van der Waals surface area contributed by atoms with Gasteiger partial charge in [0.05, 0.1) is 37.7 Å². The van der Waals surface area contributed by atoms with Crippen molar-refractivity contribution in [1.29, 1.82) is 0 Å². The number of likely N-dealkylation sites (tertiary alicyclic amines) is 1. The summed E-state index contributed by atoms with van der Waals surface area (Å²) in [6.07, 6.45) is 4.31. The van der Waals surface area contributed by atoms with Crippen molar-refractivity contribution < 1.29 is 28.9 Å². The number of benzene rings is 1. The van der Waals surface area contributed by atoms with Crippen LogP contribution in [0.3, 0.4) is 0 Å². The van der Waals surface area contributed by atoms with E-state index in [9.17, 15) is 14.0 Å². The molecule has 0 aromatic heterocycles. The van der Waals surface area contributed by atoms with E-state index >= 15 is 0 Å². The Morgan fingerprint density at radius 2 is 1.87 bits per heavy atom. The number of rotatable bonds is 14. The standard InChI is InChI=1S/C26H41ClFN5O5/c27-20-14-30-26(31-15-20)33-9-6-18(7-10-33)2-1-11-38-22-4-3-19(23(28)13-22)12-25(37)29-8-5-24(36)32-21(16-34)17-35/h3-4,13,18,20-21,26,30-31,34-35H,1-2,5-12,14-17H2,(H,29,37)(H,32,36). The minimum Gasteiger partial charge on any atom is -0.493 e. The van der Waals surface area contributed by atoms with E-state index in [4.69, 9.17) is 26.6 Å². The molecule has 2 saturated heterocycles. The number of ether oxygens (including phenoxy) is 1. The molecule has 0 atom stereocenters. The van der Waals surface area contributed by atoms with Gasteiger partial charge in [0.25, 0.3) is 0 Å². The molecule has 2 aliphatic heterocycles. The summed E-state index contributed by atoms with van der Waals surface area (Å²) in [6.45, 7) is 3.57. The van der Waals surface area contributed by atoms with Crippen LogP contribution >= 0.6 is 11.6 Å². The molecule has 12 heteroatoms. The molecule has 0 radical (unpaired) electrons. The number of halogens is 2. The predicted molar refractivity (Wildman–Crippen MR) is 142 cm³/mol. The molecule has 2 amide bonds. The fraction of sp³-hybridized carbons (Fsp3) is 0.692. The maximum Gasteiger partial charge on any atom is 0.224 e. The zero-order chi connectivity index (χ0) is 27.3. The Hall–Kier alpha value is -2.02. The van der Waals surface area contributed by atoms with E-state index < -0.39 is 23.7 Å². The van der Waals surface area contributed by atoms with Gasteiger partial charge in [0, 0.05) is 45.2 Å². The van der Waals surface area contributed by atoms with Crippen LogP contribution in [0.1, 0.15) is 37.7 Å². The van der Waals surface area contributed by atoms with Crippen molar-refractivity contribution in [1.82, 2.24) is 26.2 Å². The molecule has 3 rings (SSSR count). The zero-order valence-corrected chi connectivity index (χ0v) is 22.5. The number of piperidine rings is 1. The maximum atomic E-state index is 14.5. The molecular formula is C26H41ClFN5O5. The number of aliphatic hydroxyl groups is 2. The van der Waals surface area contributed by atoms with Gasteiger partial charge in [-0.15, -0.1) is 11.6 Å². The van der Waals surface area contributed by atoms with Gasteiger partial charge in [-0.3, -0.25) is 25.1 Å². The van der Waals surface area contributed by atoms with E-state index in [0.717, 1.165) is 51.9 Å². The van der Waals surface area contributed by atoms with Crippen LogP contribution in [0.4, 0.5) is 4.39 Å². The second kappa shape index (κ2) is 16.2. The number of aliphatic hydroxyl groups excluding tert-OH is 2. The molecule has 1 aromatic rings. The molecule has 0 unspecified atom stereocenters. The monoisotopic (exact) mass is 557 g/mol. The van der Waals surface area contributed by atoms with Gasteiger partial charge in [-0.25, -0.2) is 4.39 Å². The molecule has 0 aliphatic carbocycles. The number of alkyl halides is 1. The lowest BCUT2D eigenvalue weighted by atomic mass is 9.92. The summed E-state index contributed by atoms with van der Waals surface area (Å²) in [4.78, 5) is 26.3. The Bertz CT molecular complexity index is 878. The number of hydrogen-bond acceptors (Lipinski definition) is 8. The van der Waals surface area contributed by atoms with Crippen molar-refractivity contribution in [3.63, 3.8) is 0 Å². The molecule has 0 saturated carbocycles. The van der Waals surface area contributed by atoms with Crippen LogP contribution in [-0.2, 0) is 16.0 Å². The van der Waals surface area contributed by atoms with Crippen LogP contribution in [0.15, 0.2) is 18.2 Å². The highest BCUT2D eigenvalue weighted by atomic mass is 35.5. The Balaban J connectivity index is 1.28. The zero-order valence-electron chi connectivity index (χ0n) is 21.8. The number of hydrogen-bond donors (Lipinski definition) is 6. The topological polar surface area (TPSA) is 135 Å². The summed E-state index contributed by atoms with van der Waals surface area (Å²) in [5.74, 6) is -0.227. The third kappa shape index (κ3) is 10.3. The molecule has 0 bridgehead atoms. The fourth-order valence-electron chi connectivity index (χ4n) is 4.70. The van der Waals surface area contributed by atoms with Gasteiger partial charge in [-0.2, -0.15) is 0 Å². The van der Waals surface area contributed by atoms with Crippen molar-refractivity contribution >= 4 is 23.4 Å². The molecular weight excluding hydrogens is 517 g/mol. The van der Waals surface area contributed by atoms with E-state index in [1.165, 1.54) is 6.07 Å². The summed E-state index contributed by atoms with van der Waals surface area (Å²) in [7, 11) is 0. The van der Waals surface area contributed by atoms with E-state index in [-0.39, 0.29) is 49.8 Å². The van der Waals surface area contributed by atoms with Crippen LogP contribution in [0.2, 0.25) is 0 Å². The molecule has 0 spiro atoms. The molecule has 1 aromatic carbocycles. The van der Waals surface area contributed by atoms with Gasteiger partial charge in [0.1, 0.15) is 17.9 Å². The maximum absolute atomic E-state index is 14.5. The minimum atomic E-state index is -0.728. The largest absolute Gasteiger partial charge is 0.493 e. The molecule has 2 heterocycles. The highest BCUT2D eigenvalue weighted by molar-refractivity contribution is 6.21. The highest BCUT2D eigenvalue weighted by Gasteiger charge is 2.27. The quantitative estimate of drug-likeness (QED) is 0.142. The van der Waals surface area contributed by atoms with Crippen LogP contribution in [0.25, 0.3) is 0 Å². The van der Waals surface area contributed by atoms with Crippen LogP contribution in [0, 0.1) is 11.7 Å². The van der Waals surface area contributed by atoms with E-state index in [0.29, 0.717) is 18.3 Å². The van der Waals surface area contributed by atoms with E-state index in [1.807, 2.05) is 0 Å². The first-order valence-electron chi connectivity index (χ1n) is 13.4. The first kappa shape index (κ1) is 30.5. The lowest BCUT2D eigenvalue weighted by Gasteiger charge is -2.41. The molecule has 10 nitrogen and oxygen atoms in total. The van der Waals surface area contributed by atoms with Gasteiger partial charge in [0.2, 0.25) is 11.8 Å². The van der Waals surface area contributed by atoms with Crippen molar-refractivity contribution in [3.8, 4) is 5.75 Å². The summed E-state index contributed by atoms with van der Waals surface area (Å²) >= 11 is 6.13. The van der Waals surface area contributed by atoms with Gasteiger partial charge < -0.3 is 25.6 Å². The first-order valence-corrected chi connectivity index (χ1v) is 13.9. The average molecular weight is 558 g/mol. The van der Waals surface area contributed by atoms with E-state index in [1.54, 1.807) is 12.1 Å². The average Bonchev–Trinajstić information content (AvgIpc) is 2.92. The van der Waals surface area contributed by atoms with E-state index in [2.05, 4.69) is 26.2 Å². The van der Waals surface area contributed by atoms with Gasteiger partial charge in [-0.1, -0.05) is 6.07 Å². The lowest BCUT2D eigenvalue weighted by Crippen LogP contribution is -2.62. The van der Waals surface area contributed by atoms with Crippen LogP contribution < -0.4 is 26.0 Å². The van der Waals surface area contributed by atoms with Crippen molar-refractivity contribution in [2.45, 2.75) is 56.2 Å². The fourth-order valence-corrected chi connectivity index (χ4v) is 4.88.